The molecule has 0 fully saturated rings. The van der Waals surface area contributed by atoms with Crippen molar-refractivity contribution in [2.24, 2.45) is 0 Å². The fourth-order valence-corrected chi connectivity index (χ4v) is 2.05. The number of Topliss-reactive ketones (excluding diaryl/α,β-unsaturated/α-hetero) is 1. The molecule has 0 aliphatic carbocycles. The number of halogens is 1. The molecule has 0 unspecified atom stereocenters. The van der Waals surface area contributed by atoms with Crippen molar-refractivity contribution in [3.05, 3.63) is 54.1 Å². The zero-order valence-electron chi connectivity index (χ0n) is 11.6. The van der Waals surface area contributed by atoms with E-state index in [1.165, 1.54) is 12.1 Å². The highest BCUT2D eigenvalue weighted by molar-refractivity contribution is 5.94. The Morgan fingerprint density at radius 3 is 2.55 bits per heavy atom. The molecule has 3 nitrogen and oxygen atoms in total. The second-order valence-corrected chi connectivity index (χ2v) is 4.40. The molecule has 4 heteroatoms. The predicted octanol–water partition coefficient (Wildman–Crippen LogP) is 3.97. The third-order valence-corrected chi connectivity index (χ3v) is 3.10. The third-order valence-electron chi connectivity index (χ3n) is 3.10. The van der Waals surface area contributed by atoms with Gasteiger partial charge in [0.1, 0.15) is 11.5 Å². The van der Waals surface area contributed by atoms with Crippen LogP contribution in [0.25, 0.3) is 0 Å². The first-order valence-corrected chi connectivity index (χ1v) is 6.68. The molecule has 0 N–H and O–H groups in total. The molecule has 0 aliphatic rings. The number of aromatic nitrogens is 1. The molecule has 20 heavy (non-hydrogen) atoms. The van der Waals surface area contributed by atoms with Crippen LogP contribution in [-0.4, -0.2) is 17.3 Å². The Kier molecular flexibility index (Phi) is 4.45. The highest BCUT2D eigenvalue weighted by Crippen LogP contribution is 2.25. The van der Waals surface area contributed by atoms with Crippen LogP contribution in [0.15, 0.2) is 42.6 Å². The van der Waals surface area contributed by atoms with Gasteiger partial charge in [-0.2, -0.15) is 0 Å². The molecule has 0 aliphatic heterocycles. The van der Waals surface area contributed by atoms with Crippen LogP contribution in [0.5, 0.6) is 0 Å². The molecule has 0 saturated heterocycles. The highest BCUT2D eigenvalue weighted by atomic mass is 19.1. The third kappa shape index (κ3) is 3.02. The van der Waals surface area contributed by atoms with Crippen molar-refractivity contribution in [1.82, 2.24) is 4.98 Å². The molecule has 2 aromatic rings. The first-order valence-electron chi connectivity index (χ1n) is 6.68. The van der Waals surface area contributed by atoms with Crippen molar-refractivity contribution in [2.45, 2.75) is 20.3 Å². The van der Waals surface area contributed by atoms with Crippen LogP contribution in [0.4, 0.5) is 15.8 Å². The highest BCUT2D eigenvalue weighted by Gasteiger charge is 2.10. The molecule has 2 rings (SSSR count). The van der Waals surface area contributed by atoms with E-state index in [1.807, 2.05) is 30.9 Å². The number of benzene rings is 1. The zero-order valence-corrected chi connectivity index (χ0v) is 11.6. The molecule has 104 valence electrons. The maximum atomic E-state index is 13.3. The summed E-state index contributed by atoms with van der Waals surface area (Å²) in [5.74, 6) is -0.253. The monoisotopic (exact) mass is 272 g/mol. The summed E-state index contributed by atoms with van der Waals surface area (Å²) in [6, 6.07) is 9.97. The number of ketones is 1. The molecule has 0 atom stereocenters. The Hall–Kier alpha value is -2.23. The molecule has 0 bridgehead atoms. The number of anilines is 2. The first kappa shape index (κ1) is 14.2. The number of rotatable bonds is 5. The van der Waals surface area contributed by atoms with E-state index >= 15 is 0 Å². The van der Waals surface area contributed by atoms with E-state index in [0.717, 1.165) is 11.4 Å². The van der Waals surface area contributed by atoms with Crippen molar-refractivity contribution in [3.63, 3.8) is 0 Å². The van der Waals surface area contributed by atoms with Gasteiger partial charge < -0.3 is 4.90 Å². The number of hydrogen-bond donors (Lipinski definition) is 0. The van der Waals surface area contributed by atoms with E-state index in [4.69, 9.17) is 0 Å². The number of pyridine rings is 1. The van der Waals surface area contributed by atoms with Gasteiger partial charge in [-0.1, -0.05) is 13.0 Å². The van der Waals surface area contributed by atoms with Crippen molar-refractivity contribution in [1.29, 1.82) is 0 Å². The Morgan fingerprint density at radius 2 is 2.00 bits per heavy atom. The molecule has 1 aromatic heterocycles. The van der Waals surface area contributed by atoms with Gasteiger partial charge in [-0.3, -0.25) is 9.78 Å². The number of carbonyl (C=O) groups is 1. The summed E-state index contributed by atoms with van der Waals surface area (Å²) in [6.07, 6.45) is 2.09. The minimum absolute atomic E-state index is 0.0188. The van der Waals surface area contributed by atoms with E-state index in [-0.39, 0.29) is 11.6 Å². The van der Waals surface area contributed by atoms with Gasteiger partial charge in [0.15, 0.2) is 5.78 Å². The van der Waals surface area contributed by atoms with E-state index in [9.17, 15) is 9.18 Å². The molecule has 0 radical (unpaired) electrons. The van der Waals surface area contributed by atoms with Gasteiger partial charge in [0.05, 0.1) is 11.9 Å². The van der Waals surface area contributed by atoms with Gasteiger partial charge in [0, 0.05) is 18.7 Å². The Bertz CT molecular complexity index is 596. The van der Waals surface area contributed by atoms with Crippen molar-refractivity contribution >= 4 is 17.2 Å². The Morgan fingerprint density at radius 1 is 1.20 bits per heavy atom. The van der Waals surface area contributed by atoms with Gasteiger partial charge in [-0.25, -0.2) is 4.39 Å². The lowest BCUT2D eigenvalue weighted by Crippen LogP contribution is -2.16. The fourth-order valence-electron chi connectivity index (χ4n) is 2.05. The minimum Gasteiger partial charge on any atom is -0.340 e. The topological polar surface area (TPSA) is 33.2 Å². The van der Waals surface area contributed by atoms with Crippen molar-refractivity contribution < 1.29 is 9.18 Å². The number of nitrogens with zero attached hydrogens (tertiary/aromatic N) is 2. The average Bonchev–Trinajstić information content (AvgIpc) is 2.48. The SMILES string of the molecule is CCC(=O)c1ccc(N(CC)c2cccc(F)c2)cn1. The van der Waals surface area contributed by atoms with Gasteiger partial charge in [0.2, 0.25) is 0 Å². The largest absolute Gasteiger partial charge is 0.340 e. The summed E-state index contributed by atoms with van der Waals surface area (Å²) in [4.78, 5) is 17.7. The quantitative estimate of drug-likeness (QED) is 0.772. The standard InChI is InChI=1S/C16H17FN2O/c1-3-16(20)15-9-8-14(11-18-15)19(4-2)13-7-5-6-12(17)10-13/h5-11H,3-4H2,1-2H3. The van der Waals surface area contributed by atoms with E-state index < -0.39 is 0 Å². The van der Waals surface area contributed by atoms with Gasteiger partial charge in [0.25, 0.3) is 0 Å². The smallest absolute Gasteiger partial charge is 0.180 e. The lowest BCUT2D eigenvalue weighted by atomic mass is 10.2. The summed E-state index contributed by atoms with van der Waals surface area (Å²) in [5.41, 5.74) is 2.07. The second kappa shape index (κ2) is 6.28. The van der Waals surface area contributed by atoms with Gasteiger partial charge in [-0.15, -0.1) is 0 Å². The molecule has 1 aromatic carbocycles. The van der Waals surface area contributed by atoms with Crippen LogP contribution in [0.1, 0.15) is 30.8 Å². The van der Waals surface area contributed by atoms with E-state index in [0.29, 0.717) is 18.7 Å². The Labute approximate surface area is 118 Å². The molecular formula is C16H17FN2O. The summed E-state index contributed by atoms with van der Waals surface area (Å²) in [5, 5.41) is 0. The van der Waals surface area contributed by atoms with Gasteiger partial charge in [-0.05, 0) is 37.3 Å². The van der Waals surface area contributed by atoms with Crippen LogP contribution < -0.4 is 4.90 Å². The lowest BCUT2D eigenvalue weighted by molar-refractivity contribution is 0.0983. The summed E-state index contributed by atoms with van der Waals surface area (Å²) < 4.78 is 13.3. The van der Waals surface area contributed by atoms with Crippen molar-refractivity contribution in [2.75, 3.05) is 11.4 Å². The van der Waals surface area contributed by atoms with Crippen LogP contribution in [0.3, 0.4) is 0 Å². The average molecular weight is 272 g/mol. The predicted molar refractivity (Wildman–Crippen MR) is 77.9 cm³/mol. The lowest BCUT2D eigenvalue weighted by Gasteiger charge is -2.23. The van der Waals surface area contributed by atoms with Crippen LogP contribution in [0.2, 0.25) is 0 Å². The van der Waals surface area contributed by atoms with Crippen LogP contribution >= 0.6 is 0 Å². The summed E-state index contributed by atoms with van der Waals surface area (Å²) >= 11 is 0. The zero-order chi connectivity index (χ0) is 14.5. The molecule has 0 saturated carbocycles. The van der Waals surface area contributed by atoms with Crippen LogP contribution in [-0.2, 0) is 0 Å². The first-order chi connectivity index (χ1) is 9.65. The Balaban J connectivity index is 2.30. The maximum Gasteiger partial charge on any atom is 0.180 e. The maximum absolute atomic E-state index is 13.3. The molecule has 0 spiro atoms. The van der Waals surface area contributed by atoms with Crippen molar-refractivity contribution in [3.8, 4) is 0 Å². The van der Waals surface area contributed by atoms with Crippen LogP contribution in [0, 0.1) is 5.82 Å². The molecule has 1 heterocycles. The van der Waals surface area contributed by atoms with Gasteiger partial charge >= 0.3 is 0 Å². The molecule has 0 amide bonds. The van der Waals surface area contributed by atoms with E-state index in [1.54, 1.807) is 18.3 Å². The number of carbonyl (C=O) groups excluding carboxylic acids is 1. The number of hydrogen-bond acceptors (Lipinski definition) is 3. The summed E-state index contributed by atoms with van der Waals surface area (Å²) in [7, 11) is 0. The summed E-state index contributed by atoms with van der Waals surface area (Å²) in [6.45, 7) is 4.48. The van der Waals surface area contributed by atoms with E-state index in [2.05, 4.69) is 4.98 Å². The second-order valence-electron chi connectivity index (χ2n) is 4.40. The molecular weight excluding hydrogens is 255 g/mol. The fraction of sp³-hybridized carbons (Fsp3) is 0.250. The minimum atomic E-state index is -0.272. The normalized spacial score (nSPS) is 10.3.